The van der Waals surface area contributed by atoms with Gasteiger partial charge in [0.2, 0.25) is 0 Å². The molecule has 3 unspecified atom stereocenters. The van der Waals surface area contributed by atoms with Crippen molar-refractivity contribution in [1.82, 2.24) is 0 Å². The van der Waals surface area contributed by atoms with E-state index in [1.165, 1.54) is 44.9 Å². The van der Waals surface area contributed by atoms with Crippen molar-refractivity contribution >= 4 is 11.9 Å². The van der Waals surface area contributed by atoms with Crippen LogP contribution in [0.15, 0.2) is 0 Å². The van der Waals surface area contributed by atoms with Crippen molar-refractivity contribution in [2.75, 3.05) is 6.61 Å². The van der Waals surface area contributed by atoms with Gasteiger partial charge in [0.15, 0.2) is 0 Å². The molecule has 0 amide bonds. The number of ether oxygens (including phenoxy) is 1. The normalized spacial score (nSPS) is 21.7. The van der Waals surface area contributed by atoms with Crippen LogP contribution in [-0.2, 0) is 14.3 Å². The number of aliphatic carboxylic acids is 1. The van der Waals surface area contributed by atoms with Gasteiger partial charge in [0.25, 0.3) is 0 Å². The maximum Gasteiger partial charge on any atom is 0.309 e. The molecule has 1 aliphatic rings. The van der Waals surface area contributed by atoms with Gasteiger partial charge in [0, 0.05) is 0 Å². The third-order valence-electron chi connectivity index (χ3n) is 5.55. The zero-order chi connectivity index (χ0) is 18.5. The molecule has 0 saturated heterocycles. The highest BCUT2D eigenvalue weighted by atomic mass is 16.5. The standard InChI is InChI=1S/C21H38O4/c1-3-5-6-12-17(11-4-2)13-9-10-16-25-21(24)19-15-8-7-14-18(19)20(22)23/h17-19H,3-16H2,1-2H3,(H,22,23). The molecule has 0 radical (unpaired) electrons. The Kier molecular flexibility index (Phi) is 11.6. The summed E-state index contributed by atoms with van der Waals surface area (Å²) in [5.41, 5.74) is 0. The minimum absolute atomic E-state index is 0.292. The average molecular weight is 355 g/mol. The number of esters is 1. The largest absolute Gasteiger partial charge is 0.481 e. The summed E-state index contributed by atoms with van der Waals surface area (Å²) in [6.07, 6.45) is 14.1. The van der Waals surface area contributed by atoms with Gasteiger partial charge >= 0.3 is 11.9 Å². The number of rotatable bonds is 13. The van der Waals surface area contributed by atoms with Crippen molar-refractivity contribution in [3.05, 3.63) is 0 Å². The van der Waals surface area contributed by atoms with Gasteiger partial charge in [0.05, 0.1) is 18.4 Å². The van der Waals surface area contributed by atoms with Gasteiger partial charge in [0.1, 0.15) is 0 Å². The molecule has 0 spiro atoms. The fourth-order valence-corrected chi connectivity index (χ4v) is 4.05. The second-order valence-electron chi connectivity index (χ2n) is 7.65. The van der Waals surface area contributed by atoms with Crippen LogP contribution >= 0.6 is 0 Å². The van der Waals surface area contributed by atoms with Crippen molar-refractivity contribution in [3.8, 4) is 0 Å². The summed E-state index contributed by atoms with van der Waals surface area (Å²) in [5, 5.41) is 9.26. The molecule has 0 aromatic carbocycles. The summed E-state index contributed by atoms with van der Waals surface area (Å²) in [4.78, 5) is 23.5. The fraction of sp³-hybridized carbons (Fsp3) is 0.905. The molecular formula is C21H38O4. The van der Waals surface area contributed by atoms with Crippen LogP contribution in [0.25, 0.3) is 0 Å². The number of hydrogen-bond acceptors (Lipinski definition) is 3. The third kappa shape index (κ3) is 8.73. The number of carboxylic acid groups (broad SMARTS) is 1. The van der Waals surface area contributed by atoms with E-state index in [1.54, 1.807) is 0 Å². The summed E-state index contributed by atoms with van der Waals surface area (Å²) in [6, 6.07) is 0. The lowest BCUT2D eigenvalue weighted by Crippen LogP contribution is -2.33. The van der Waals surface area contributed by atoms with Crippen molar-refractivity contribution in [1.29, 1.82) is 0 Å². The zero-order valence-corrected chi connectivity index (χ0v) is 16.3. The lowest BCUT2D eigenvalue weighted by atomic mass is 9.79. The molecule has 1 rings (SSSR count). The number of unbranched alkanes of at least 4 members (excludes halogenated alkanes) is 3. The summed E-state index contributed by atoms with van der Waals surface area (Å²) in [7, 11) is 0. The molecule has 1 saturated carbocycles. The highest BCUT2D eigenvalue weighted by Crippen LogP contribution is 2.31. The van der Waals surface area contributed by atoms with Crippen molar-refractivity contribution in [2.24, 2.45) is 17.8 Å². The second kappa shape index (κ2) is 13.2. The van der Waals surface area contributed by atoms with Crippen molar-refractivity contribution in [2.45, 2.75) is 97.3 Å². The molecule has 1 fully saturated rings. The molecular weight excluding hydrogens is 316 g/mol. The zero-order valence-electron chi connectivity index (χ0n) is 16.3. The second-order valence-corrected chi connectivity index (χ2v) is 7.65. The molecule has 0 aromatic heterocycles. The molecule has 0 heterocycles. The molecule has 3 atom stereocenters. The SMILES string of the molecule is CCCCCC(CCC)CCCCOC(=O)C1CCCCC1C(=O)O. The van der Waals surface area contributed by atoms with Gasteiger partial charge in [-0.1, -0.05) is 71.6 Å². The van der Waals surface area contributed by atoms with Gasteiger partial charge in [-0.25, -0.2) is 0 Å². The van der Waals surface area contributed by atoms with Crippen LogP contribution in [0, 0.1) is 17.8 Å². The maximum absolute atomic E-state index is 12.2. The van der Waals surface area contributed by atoms with Crippen LogP contribution in [0.3, 0.4) is 0 Å². The highest BCUT2D eigenvalue weighted by molar-refractivity contribution is 5.81. The smallest absolute Gasteiger partial charge is 0.309 e. The molecule has 0 aliphatic heterocycles. The van der Waals surface area contributed by atoms with Gasteiger partial charge in [-0.15, -0.1) is 0 Å². The summed E-state index contributed by atoms with van der Waals surface area (Å²) in [5.74, 6) is -1.32. The van der Waals surface area contributed by atoms with Crippen molar-refractivity contribution in [3.63, 3.8) is 0 Å². The first-order chi connectivity index (χ1) is 12.1. The Labute approximate surface area is 153 Å². The van der Waals surface area contributed by atoms with Crippen LogP contribution in [0.5, 0.6) is 0 Å². The van der Waals surface area contributed by atoms with E-state index in [0.717, 1.165) is 31.6 Å². The Morgan fingerprint density at radius 2 is 1.56 bits per heavy atom. The van der Waals surface area contributed by atoms with E-state index >= 15 is 0 Å². The summed E-state index contributed by atoms with van der Waals surface area (Å²) < 4.78 is 5.40. The fourth-order valence-electron chi connectivity index (χ4n) is 4.05. The van der Waals surface area contributed by atoms with Crippen LogP contribution in [-0.4, -0.2) is 23.7 Å². The van der Waals surface area contributed by atoms with Gasteiger partial charge < -0.3 is 9.84 Å². The first kappa shape index (κ1) is 22.0. The number of carbonyl (C=O) groups excluding carboxylic acids is 1. The van der Waals surface area contributed by atoms with E-state index in [1.807, 2.05) is 0 Å². The van der Waals surface area contributed by atoms with Crippen molar-refractivity contribution < 1.29 is 19.4 Å². The predicted molar refractivity (Wildman–Crippen MR) is 100 cm³/mol. The van der Waals surface area contributed by atoms with E-state index in [4.69, 9.17) is 4.74 Å². The van der Waals surface area contributed by atoms with Crippen LogP contribution in [0.2, 0.25) is 0 Å². The highest BCUT2D eigenvalue weighted by Gasteiger charge is 2.36. The molecule has 1 aliphatic carbocycles. The van der Waals surface area contributed by atoms with E-state index in [9.17, 15) is 14.7 Å². The van der Waals surface area contributed by atoms with E-state index in [2.05, 4.69) is 13.8 Å². The number of carbonyl (C=O) groups is 2. The van der Waals surface area contributed by atoms with Crippen LogP contribution < -0.4 is 0 Å². The Bertz CT molecular complexity index is 380. The number of hydrogen-bond donors (Lipinski definition) is 1. The van der Waals surface area contributed by atoms with E-state index in [-0.39, 0.29) is 5.97 Å². The third-order valence-corrected chi connectivity index (χ3v) is 5.55. The molecule has 0 bridgehead atoms. The predicted octanol–water partition coefficient (Wildman–Crippen LogP) is 5.59. The molecule has 0 aromatic rings. The van der Waals surface area contributed by atoms with Gasteiger partial charge in [-0.05, 0) is 31.6 Å². The Balaban J connectivity index is 2.22. The maximum atomic E-state index is 12.2. The Hall–Kier alpha value is -1.06. The molecule has 4 nitrogen and oxygen atoms in total. The Morgan fingerprint density at radius 3 is 2.16 bits per heavy atom. The van der Waals surface area contributed by atoms with E-state index in [0.29, 0.717) is 19.4 Å². The molecule has 146 valence electrons. The molecule has 4 heteroatoms. The molecule has 25 heavy (non-hydrogen) atoms. The quantitative estimate of drug-likeness (QED) is 0.346. The number of carboxylic acids is 1. The first-order valence-corrected chi connectivity index (χ1v) is 10.5. The summed E-state index contributed by atoms with van der Waals surface area (Å²) >= 11 is 0. The van der Waals surface area contributed by atoms with E-state index < -0.39 is 17.8 Å². The van der Waals surface area contributed by atoms with Crippen LogP contribution in [0.1, 0.15) is 97.3 Å². The van der Waals surface area contributed by atoms with Gasteiger partial charge in [-0.2, -0.15) is 0 Å². The topological polar surface area (TPSA) is 63.6 Å². The van der Waals surface area contributed by atoms with Gasteiger partial charge in [-0.3, -0.25) is 9.59 Å². The first-order valence-electron chi connectivity index (χ1n) is 10.5. The molecule has 1 N–H and O–H groups in total. The monoisotopic (exact) mass is 354 g/mol. The lowest BCUT2D eigenvalue weighted by Gasteiger charge is -2.26. The minimum atomic E-state index is -0.851. The van der Waals surface area contributed by atoms with Crippen LogP contribution in [0.4, 0.5) is 0 Å². The minimum Gasteiger partial charge on any atom is -0.481 e. The lowest BCUT2D eigenvalue weighted by molar-refractivity contribution is -0.159. The summed E-state index contributed by atoms with van der Waals surface area (Å²) in [6.45, 7) is 4.93. The Morgan fingerprint density at radius 1 is 0.920 bits per heavy atom. The average Bonchev–Trinajstić information content (AvgIpc) is 2.61.